The quantitative estimate of drug-likeness (QED) is 0.142. The number of hydrogen-bond acceptors (Lipinski definition) is 6. The Morgan fingerprint density at radius 2 is 0.671 bits per heavy atom. The number of aromatic nitrogens is 2. The second kappa shape index (κ2) is 25.2. The Bertz CT molecular complexity index is 2510. The molecule has 8 heteroatoms. The maximum atomic E-state index is 5.60. The molecule has 7 heterocycles. The number of rotatable bonds is 8. The summed E-state index contributed by atoms with van der Waals surface area (Å²) in [5.74, 6) is 5.32. The van der Waals surface area contributed by atoms with Crippen LogP contribution in [0.1, 0.15) is 59.6 Å². The normalized spacial score (nSPS) is 19.8. The maximum Gasteiger partial charge on any atom is 2.00 e. The summed E-state index contributed by atoms with van der Waals surface area (Å²) in [5.41, 5.74) is 11.1. The Kier molecular flexibility index (Phi) is 18.6. The third kappa shape index (κ3) is 11.9. The van der Waals surface area contributed by atoms with Crippen molar-refractivity contribution in [1.29, 1.82) is 0 Å². The van der Waals surface area contributed by atoms with Crippen molar-refractivity contribution in [2.45, 2.75) is 25.7 Å². The zero-order chi connectivity index (χ0) is 45.5. The van der Waals surface area contributed by atoms with Crippen LogP contribution in [0.4, 0.5) is 0 Å². The summed E-state index contributed by atoms with van der Waals surface area (Å²) < 4.78 is 4.84. The number of nitrogens with zero attached hydrogens (tertiary/aromatic N) is 4. The van der Waals surface area contributed by atoms with E-state index in [0.717, 1.165) is 73.2 Å². The fourth-order valence-corrected chi connectivity index (χ4v) is 12.3. The van der Waals surface area contributed by atoms with Crippen LogP contribution in [0.3, 0.4) is 0 Å². The van der Waals surface area contributed by atoms with Gasteiger partial charge in [-0.1, -0.05) is 60.7 Å². The van der Waals surface area contributed by atoms with Crippen molar-refractivity contribution < 1.29 is 34.1 Å². The van der Waals surface area contributed by atoms with E-state index in [-0.39, 0.29) is 34.1 Å². The van der Waals surface area contributed by atoms with Crippen LogP contribution < -0.4 is 0 Å². The fourth-order valence-electron chi connectivity index (χ4n) is 10.0. The van der Waals surface area contributed by atoms with Gasteiger partial charge < -0.3 is 9.80 Å². The topological polar surface area (TPSA) is 32.3 Å². The molecule has 2 aromatic carbocycles. The van der Waals surface area contributed by atoms with Gasteiger partial charge in [0.15, 0.2) is 0 Å². The Balaban J connectivity index is 0.000000454. The Morgan fingerprint density at radius 1 is 0.357 bits per heavy atom. The van der Waals surface area contributed by atoms with Gasteiger partial charge in [0.1, 0.15) is 0 Å². The second-order valence-electron chi connectivity index (χ2n) is 17.8. The SMILES string of the molecule is [CH]1[CH][CH][CH][CH]1.[CH]1[CH][CH][CH][CH]1.[CH]1[CH][C](CN2CCCC2)[C](c2c3nc(c(-c4ccccc4)c4ccc(s4)c(-c4ccccc4)c4nc(c([C]5[CH][CH][CH][C]5CN5CCCC5)c5ccc2s5)C=C4)C=C3)[CH]1.[Fe+2].[Fe+2]. The van der Waals surface area contributed by atoms with E-state index in [9.17, 15) is 0 Å². The summed E-state index contributed by atoms with van der Waals surface area (Å²) in [6, 6.07) is 30.8. The van der Waals surface area contributed by atoms with Gasteiger partial charge in [0.2, 0.25) is 0 Å². The summed E-state index contributed by atoms with van der Waals surface area (Å²) in [6.07, 6.45) is 47.9. The number of benzene rings is 2. The number of thiophene rings is 2. The molecule has 6 fully saturated rings. The standard InChI is InChI=1S/C52H44N4S2.2C5H5.2Fe/c1-3-13-35(14-4-1)49-41-21-23-43(53-41)51(39-19-11-17-37(39)33-55-29-7-8-30-55)47-27-28-48(58-47)52(40-20-12-18-38(40)34-56-31-9-10-32-56)44-24-22-42(54-44)50(36-15-5-2-6-16-36)46-26-25-45(49)57-46;2*1-2-4-5-3-1;;/h1-6,11-28H,7-10,29-34H2;2*1-5H;;/q;;;2*+2. The number of hydrogen-bond donors (Lipinski definition) is 0. The van der Waals surface area contributed by atoms with Crippen molar-refractivity contribution in [3.8, 4) is 22.3 Å². The van der Waals surface area contributed by atoms with E-state index in [0.29, 0.717) is 0 Å². The van der Waals surface area contributed by atoms with Crippen LogP contribution in [0.25, 0.3) is 65.4 Å². The van der Waals surface area contributed by atoms with Gasteiger partial charge in [-0.3, -0.25) is 0 Å². The molecule has 13 rings (SSSR count). The fraction of sp³-hybridized carbons (Fsp3) is 0.161. The molecule has 8 aliphatic rings. The number of likely N-dealkylation sites (tertiary alicyclic amines) is 2. The average molecular weight is 1030 g/mol. The second-order valence-corrected chi connectivity index (χ2v) is 20.0. The maximum absolute atomic E-state index is 5.60. The minimum absolute atomic E-state index is 0. The van der Waals surface area contributed by atoms with Crippen LogP contribution in [0.2, 0.25) is 0 Å². The van der Waals surface area contributed by atoms with E-state index in [4.69, 9.17) is 9.97 Å². The zero-order valence-electron chi connectivity index (χ0n) is 39.0. The molecule has 4 saturated carbocycles. The third-order valence-corrected chi connectivity index (χ3v) is 15.5. The zero-order valence-corrected chi connectivity index (χ0v) is 42.9. The van der Waals surface area contributed by atoms with Crippen LogP contribution in [-0.4, -0.2) is 59.0 Å². The first kappa shape index (κ1) is 51.7. The van der Waals surface area contributed by atoms with Gasteiger partial charge in [0.25, 0.3) is 0 Å². The molecule has 0 N–H and O–H groups in total. The first-order valence-electron chi connectivity index (χ1n) is 24.1. The molecule has 4 nitrogen and oxygen atoms in total. The molecule has 0 unspecified atom stereocenters. The molecule has 4 aliphatic carbocycles. The summed E-state index contributed by atoms with van der Waals surface area (Å²) in [7, 11) is 0. The van der Waals surface area contributed by atoms with Crippen molar-refractivity contribution in [2.24, 2.45) is 0 Å². The average Bonchev–Trinajstić information content (AvgIpc) is 4.20. The minimum atomic E-state index is 0. The number of fused-ring (bicyclic) bond motifs is 8. The van der Waals surface area contributed by atoms with E-state index in [1.54, 1.807) is 0 Å². The Hall–Kier alpha value is -3.16. The molecule has 346 valence electrons. The first-order chi connectivity index (χ1) is 33.7. The van der Waals surface area contributed by atoms with Crippen molar-refractivity contribution in [3.63, 3.8) is 0 Å². The molecule has 0 amide bonds. The van der Waals surface area contributed by atoms with Crippen molar-refractivity contribution in [3.05, 3.63) is 245 Å². The summed E-state index contributed by atoms with van der Waals surface area (Å²) >= 11 is 3.70. The molecule has 4 aliphatic heterocycles. The smallest absolute Gasteiger partial charge is 0.303 e. The summed E-state index contributed by atoms with van der Waals surface area (Å²) in [4.78, 5) is 16.4. The van der Waals surface area contributed by atoms with E-state index >= 15 is 0 Å². The molecular weight excluding hydrogens is 977 g/mol. The monoisotopic (exact) mass is 1030 g/mol. The molecule has 70 heavy (non-hydrogen) atoms. The largest absolute Gasteiger partial charge is 2.00 e. The van der Waals surface area contributed by atoms with E-state index in [1.165, 1.54) is 90.4 Å². The van der Waals surface area contributed by atoms with Gasteiger partial charge in [-0.25, -0.2) is 9.97 Å². The van der Waals surface area contributed by atoms with Crippen LogP contribution in [-0.2, 0) is 34.1 Å². The predicted molar refractivity (Wildman–Crippen MR) is 288 cm³/mol. The third-order valence-electron chi connectivity index (χ3n) is 13.3. The van der Waals surface area contributed by atoms with Crippen molar-refractivity contribution in [2.75, 3.05) is 39.3 Å². The van der Waals surface area contributed by atoms with Crippen LogP contribution in [0, 0.1) is 126 Å². The summed E-state index contributed by atoms with van der Waals surface area (Å²) in [5, 5.41) is 0. The van der Waals surface area contributed by atoms with Gasteiger partial charge >= 0.3 is 34.1 Å². The van der Waals surface area contributed by atoms with Gasteiger partial charge in [-0.2, -0.15) is 0 Å². The van der Waals surface area contributed by atoms with Gasteiger partial charge in [-0.05, 0) is 214 Å². The summed E-state index contributed by atoms with van der Waals surface area (Å²) in [6.45, 7) is 6.57. The van der Waals surface area contributed by atoms with E-state index < -0.39 is 0 Å². The molecule has 5 aromatic rings. The molecule has 8 bridgehead atoms. The van der Waals surface area contributed by atoms with E-state index in [2.05, 4.69) is 158 Å². The molecule has 2 saturated heterocycles. The van der Waals surface area contributed by atoms with Gasteiger partial charge in [0.05, 0.1) is 22.8 Å². The molecule has 0 atom stereocenters. The molecular formula is C62H54Fe2N4S2+4. The Labute approximate surface area is 448 Å². The molecule has 0 spiro atoms. The first-order valence-corrected chi connectivity index (χ1v) is 25.7. The van der Waals surface area contributed by atoms with Crippen LogP contribution in [0.5, 0.6) is 0 Å². The van der Waals surface area contributed by atoms with Gasteiger partial charge in [0, 0.05) is 77.8 Å². The Morgan fingerprint density at radius 3 is 1.01 bits per heavy atom. The minimum Gasteiger partial charge on any atom is -0.303 e. The van der Waals surface area contributed by atoms with Crippen LogP contribution in [0.15, 0.2) is 84.9 Å². The molecule has 20 radical (unpaired) electrons. The molecule has 3 aromatic heterocycles. The van der Waals surface area contributed by atoms with Gasteiger partial charge in [-0.15, -0.1) is 22.7 Å². The predicted octanol–water partition coefficient (Wildman–Crippen LogP) is 13.9. The van der Waals surface area contributed by atoms with E-state index in [1.807, 2.05) is 86.9 Å². The van der Waals surface area contributed by atoms with Crippen LogP contribution >= 0.6 is 22.7 Å². The van der Waals surface area contributed by atoms with Crippen molar-refractivity contribution in [1.82, 2.24) is 19.8 Å². The van der Waals surface area contributed by atoms with Crippen molar-refractivity contribution >= 4 is 65.8 Å².